The topological polar surface area (TPSA) is 81.2 Å². The van der Waals surface area contributed by atoms with Crippen molar-refractivity contribution in [2.45, 2.75) is 46.1 Å². The number of nitrogens with two attached hydrogens (primary N) is 1. The van der Waals surface area contributed by atoms with E-state index in [9.17, 15) is 4.79 Å². The van der Waals surface area contributed by atoms with Crippen LogP contribution in [0.25, 0.3) is 0 Å². The van der Waals surface area contributed by atoms with E-state index >= 15 is 0 Å². The normalized spacial score (nSPS) is 12.7. The van der Waals surface area contributed by atoms with Crippen LogP contribution in [-0.4, -0.2) is 23.7 Å². The molecule has 0 spiro atoms. The molecular formula is C13H22ClN3O2. The van der Waals surface area contributed by atoms with Gasteiger partial charge in [-0.3, -0.25) is 4.79 Å². The van der Waals surface area contributed by atoms with Crippen LogP contribution >= 0.6 is 11.6 Å². The highest BCUT2D eigenvalue weighted by atomic mass is 35.5. The van der Waals surface area contributed by atoms with Gasteiger partial charge in [0, 0.05) is 24.6 Å². The van der Waals surface area contributed by atoms with Crippen LogP contribution in [0, 0.1) is 12.8 Å². The fraction of sp³-hybridized carbons (Fsp3) is 0.692. The lowest BCUT2D eigenvalue weighted by Crippen LogP contribution is -2.41. The number of carbonyl (C=O) groups excluding carboxylic acids is 1. The maximum Gasteiger partial charge on any atom is 0.229 e. The number of hydrogen-bond acceptors (Lipinski definition) is 4. The molecule has 108 valence electrons. The van der Waals surface area contributed by atoms with Crippen molar-refractivity contribution in [1.29, 1.82) is 0 Å². The van der Waals surface area contributed by atoms with Crippen molar-refractivity contribution in [1.82, 2.24) is 10.5 Å². The summed E-state index contributed by atoms with van der Waals surface area (Å²) in [4.78, 5) is 11.9. The first-order valence-corrected chi connectivity index (χ1v) is 6.91. The zero-order valence-corrected chi connectivity index (χ0v) is 12.5. The van der Waals surface area contributed by atoms with Gasteiger partial charge in [-0.05, 0) is 37.3 Å². The smallest absolute Gasteiger partial charge is 0.229 e. The van der Waals surface area contributed by atoms with Gasteiger partial charge in [-0.2, -0.15) is 0 Å². The highest BCUT2D eigenvalue weighted by Crippen LogP contribution is 2.20. The molecule has 1 aromatic heterocycles. The molecule has 0 aliphatic rings. The van der Waals surface area contributed by atoms with Crippen molar-refractivity contribution in [3.63, 3.8) is 0 Å². The molecular weight excluding hydrogens is 266 g/mol. The average Bonchev–Trinajstić information content (AvgIpc) is 2.65. The molecule has 1 atom stereocenters. The Morgan fingerprint density at radius 3 is 2.68 bits per heavy atom. The average molecular weight is 288 g/mol. The van der Waals surface area contributed by atoms with Crippen LogP contribution in [0.4, 0.5) is 0 Å². The minimum atomic E-state index is -0.0206. The molecule has 1 aromatic rings. The van der Waals surface area contributed by atoms with Gasteiger partial charge in [0.25, 0.3) is 0 Å². The van der Waals surface area contributed by atoms with Gasteiger partial charge in [0.15, 0.2) is 0 Å². The van der Waals surface area contributed by atoms with Gasteiger partial charge in [-0.15, -0.1) is 0 Å². The molecule has 3 N–H and O–H groups in total. The van der Waals surface area contributed by atoms with Gasteiger partial charge in [0.05, 0.1) is 5.69 Å². The van der Waals surface area contributed by atoms with E-state index < -0.39 is 0 Å². The lowest BCUT2D eigenvalue weighted by molar-refractivity contribution is -0.121. The van der Waals surface area contributed by atoms with Crippen LogP contribution in [0.1, 0.15) is 37.9 Å². The summed E-state index contributed by atoms with van der Waals surface area (Å²) in [6, 6.07) is 0.0338. The van der Waals surface area contributed by atoms with E-state index in [0.29, 0.717) is 25.3 Å². The highest BCUT2D eigenvalue weighted by molar-refractivity contribution is 6.29. The van der Waals surface area contributed by atoms with Crippen LogP contribution in [-0.2, 0) is 11.2 Å². The maximum absolute atomic E-state index is 11.9. The first kappa shape index (κ1) is 16.0. The Balaban J connectivity index is 2.43. The van der Waals surface area contributed by atoms with Crippen LogP contribution in [0.2, 0.25) is 5.22 Å². The number of aromatic nitrogens is 1. The minimum absolute atomic E-state index is 0.0206. The first-order valence-electron chi connectivity index (χ1n) is 6.54. The number of nitrogens with one attached hydrogen (secondary N) is 1. The lowest BCUT2D eigenvalue weighted by Gasteiger charge is -2.18. The molecule has 1 unspecified atom stereocenters. The minimum Gasteiger partial charge on any atom is -0.352 e. The fourth-order valence-corrected chi connectivity index (χ4v) is 2.23. The molecule has 0 fully saturated rings. The van der Waals surface area contributed by atoms with Gasteiger partial charge in [-0.25, -0.2) is 0 Å². The van der Waals surface area contributed by atoms with Crippen molar-refractivity contribution in [2.75, 3.05) is 6.54 Å². The van der Waals surface area contributed by atoms with E-state index in [-0.39, 0.29) is 17.2 Å². The predicted molar refractivity (Wildman–Crippen MR) is 75.0 cm³/mol. The molecule has 0 aliphatic carbocycles. The number of hydrogen-bond donors (Lipinski definition) is 2. The fourth-order valence-electron chi connectivity index (χ4n) is 1.96. The van der Waals surface area contributed by atoms with E-state index in [2.05, 4.69) is 24.3 Å². The van der Waals surface area contributed by atoms with Crippen molar-refractivity contribution < 1.29 is 9.32 Å². The third-order valence-corrected chi connectivity index (χ3v) is 3.24. The Morgan fingerprint density at radius 2 is 2.21 bits per heavy atom. The third kappa shape index (κ3) is 5.20. The molecule has 6 heteroatoms. The van der Waals surface area contributed by atoms with Crippen LogP contribution in [0.5, 0.6) is 0 Å². The second kappa shape index (κ2) is 7.50. The number of nitrogens with zero attached hydrogens (tertiary/aromatic N) is 1. The summed E-state index contributed by atoms with van der Waals surface area (Å²) in [5, 5.41) is 6.96. The Labute approximate surface area is 118 Å². The molecule has 19 heavy (non-hydrogen) atoms. The third-order valence-electron chi connectivity index (χ3n) is 2.94. The zero-order valence-electron chi connectivity index (χ0n) is 11.7. The number of halogens is 1. The molecule has 0 bridgehead atoms. The number of carbonyl (C=O) groups is 1. The second-order valence-corrected chi connectivity index (χ2v) is 5.49. The second-order valence-electron chi connectivity index (χ2n) is 5.15. The summed E-state index contributed by atoms with van der Waals surface area (Å²) < 4.78 is 4.85. The highest BCUT2D eigenvalue weighted by Gasteiger charge is 2.15. The standard InChI is InChI=1S/C13H22ClN3O2/c1-8(2)6-10(7-15)16-12(18)5-4-11-9(3)17-19-13(11)14/h8,10H,4-7,15H2,1-3H3,(H,16,18). The molecule has 0 aromatic carbocycles. The van der Waals surface area contributed by atoms with Crippen LogP contribution in [0.15, 0.2) is 4.52 Å². The quantitative estimate of drug-likeness (QED) is 0.804. The Kier molecular flexibility index (Phi) is 6.31. The molecule has 0 radical (unpaired) electrons. The van der Waals surface area contributed by atoms with Gasteiger partial charge < -0.3 is 15.6 Å². The maximum atomic E-state index is 11.9. The van der Waals surface area contributed by atoms with Crippen molar-refractivity contribution in [3.8, 4) is 0 Å². The number of rotatable bonds is 7. The van der Waals surface area contributed by atoms with E-state index in [1.54, 1.807) is 0 Å². The van der Waals surface area contributed by atoms with Gasteiger partial charge in [0.2, 0.25) is 11.1 Å². The Bertz CT molecular complexity index is 399. The number of aryl methyl sites for hydroxylation is 1. The SMILES string of the molecule is Cc1noc(Cl)c1CCC(=O)NC(CN)CC(C)C. The zero-order chi connectivity index (χ0) is 14.4. The van der Waals surface area contributed by atoms with Gasteiger partial charge in [0.1, 0.15) is 0 Å². The molecule has 1 rings (SSSR count). The monoisotopic (exact) mass is 287 g/mol. The van der Waals surface area contributed by atoms with E-state index in [0.717, 1.165) is 17.7 Å². The summed E-state index contributed by atoms with van der Waals surface area (Å²) in [6.07, 6.45) is 1.77. The number of amides is 1. The summed E-state index contributed by atoms with van der Waals surface area (Å²) in [7, 11) is 0. The van der Waals surface area contributed by atoms with Crippen LogP contribution < -0.4 is 11.1 Å². The molecule has 1 amide bonds. The lowest BCUT2D eigenvalue weighted by atomic mass is 10.0. The van der Waals surface area contributed by atoms with Gasteiger partial charge >= 0.3 is 0 Å². The summed E-state index contributed by atoms with van der Waals surface area (Å²) >= 11 is 5.85. The summed E-state index contributed by atoms with van der Waals surface area (Å²) in [5.74, 6) is 0.483. The molecule has 1 heterocycles. The largest absolute Gasteiger partial charge is 0.352 e. The molecule has 0 aliphatic heterocycles. The molecule has 5 nitrogen and oxygen atoms in total. The van der Waals surface area contributed by atoms with E-state index in [1.165, 1.54) is 0 Å². The molecule has 0 saturated carbocycles. The van der Waals surface area contributed by atoms with Crippen LogP contribution in [0.3, 0.4) is 0 Å². The Morgan fingerprint density at radius 1 is 1.53 bits per heavy atom. The predicted octanol–water partition coefficient (Wildman–Crippen LogP) is 2.06. The van der Waals surface area contributed by atoms with Gasteiger partial charge in [-0.1, -0.05) is 19.0 Å². The molecule has 0 saturated heterocycles. The summed E-state index contributed by atoms with van der Waals surface area (Å²) in [6.45, 7) is 6.48. The van der Waals surface area contributed by atoms with E-state index in [4.69, 9.17) is 21.9 Å². The van der Waals surface area contributed by atoms with E-state index in [1.807, 2.05) is 6.92 Å². The van der Waals surface area contributed by atoms with Crippen molar-refractivity contribution in [2.24, 2.45) is 11.7 Å². The first-order chi connectivity index (χ1) is 8.93. The van der Waals surface area contributed by atoms with Crippen molar-refractivity contribution >= 4 is 17.5 Å². The summed E-state index contributed by atoms with van der Waals surface area (Å²) in [5.41, 5.74) is 7.18. The Hall–Kier alpha value is -1.07. The van der Waals surface area contributed by atoms with Crippen molar-refractivity contribution in [3.05, 3.63) is 16.5 Å².